The molecule has 0 fully saturated rings. The molecule has 1 N–H and O–H groups in total. The lowest BCUT2D eigenvalue weighted by Crippen LogP contribution is -2.45. The van der Waals surface area contributed by atoms with Gasteiger partial charge in [0.05, 0.1) is 25.3 Å². The van der Waals surface area contributed by atoms with E-state index in [9.17, 15) is 27.9 Å². The molecular weight excluding hydrogens is 389 g/mol. The van der Waals surface area contributed by atoms with Gasteiger partial charge in [0, 0.05) is 29.8 Å². The van der Waals surface area contributed by atoms with E-state index >= 15 is 0 Å². The Morgan fingerprint density at radius 2 is 2.11 bits per heavy atom. The number of methoxy groups -OCH3 is 1. The lowest BCUT2D eigenvalue weighted by Gasteiger charge is -2.38. The number of hydrogen-bond donors (Lipinski definition) is 1. The lowest BCUT2D eigenvalue weighted by molar-refractivity contribution is -0.125. The summed E-state index contributed by atoms with van der Waals surface area (Å²) in [7, 11) is 1.41. The quantitative estimate of drug-likeness (QED) is 0.839. The third kappa shape index (κ3) is 3.55. The third-order valence-electron chi connectivity index (χ3n) is 4.77. The van der Waals surface area contributed by atoms with Crippen LogP contribution in [0.2, 0.25) is 5.02 Å². The number of nitrogens with zero attached hydrogens (tertiary/aromatic N) is 2. The van der Waals surface area contributed by atoms with Crippen LogP contribution in [0.15, 0.2) is 23.8 Å². The molecule has 1 aromatic carbocycles. The molecule has 1 atom stereocenters. The molecule has 0 radical (unpaired) electrons. The number of benzene rings is 1. The number of ether oxygens (including phenoxy) is 1. The van der Waals surface area contributed by atoms with Gasteiger partial charge in [-0.3, -0.25) is 9.69 Å². The Kier molecular flexibility index (Phi) is 4.98. The van der Waals surface area contributed by atoms with Crippen LogP contribution in [0.1, 0.15) is 17.2 Å². The van der Waals surface area contributed by atoms with Gasteiger partial charge in [0.2, 0.25) is 5.91 Å². The summed E-state index contributed by atoms with van der Waals surface area (Å²) in [5.41, 5.74) is 0.199. The highest BCUT2D eigenvalue weighted by Gasteiger charge is 2.42. The first-order valence-corrected chi connectivity index (χ1v) is 8.42. The first kappa shape index (κ1) is 19.3. The summed E-state index contributed by atoms with van der Waals surface area (Å²) in [6, 6.07) is 2.31. The Morgan fingerprint density at radius 3 is 2.67 bits per heavy atom. The predicted octanol–water partition coefficient (Wildman–Crippen LogP) is 3.26. The van der Waals surface area contributed by atoms with E-state index in [1.807, 2.05) is 0 Å². The van der Waals surface area contributed by atoms with Crippen molar-refractivity contribution < 1.29 is 32.6 Å². The lowest BCUT2D eigenvalue weighted by atomic mass is 9.91. The average molecular weight is 405 g/mol. The van der Waals surface area contributed by atoms with Crippen LogP contribution in [0.5, 0.6) is 5.75 Å². The second-order valence-electron chi connectivity index (χ2n) is 6.27. The van der Waals surface area contributed by atoms with Crippen molar-refractivity contribution in [3.63, 3.8) is 0 Å². The van der Waals surface area contributed by atoms with Crippen molar-refractivity contribution in [2.45, 2.75) is 18.6 Å². The van der Waals surface area contributed by atoms with Gasteiger partial charge in [-0.05, 0) is 24.1 Å². The summed E-state index contributed by atoms with van der Waals surface area (Å²) >= 11 is 6.23. The molecule has 10 heteroatoms. The molecule has 2 aliphatic rings. The first-order chi connectivity index (χ1) is 12.6. The number of carbonyl (C=O) groups is 2. The van der Waals surface area contributed by atoms with Crippen molar-refractivity contribution in [3.8, 4) is 5.75 Å². The second kappa shape index (κ2) is 6.95. The zero-order valence-corrected chi connectivity index (χ0v) is 15.0. The molecule has 2 aliphatic heterocycles. The normalized spacial score (nSPS) is 19.8. The fourth-order valence-corrected chi connectivity index (χ4v) is 3.74. The highest BCUT2D eigenvalue weighted by Crippen LogP contribution is 2.41. The average Bonchev–Trinajstić information content (AvgIpc) is 2.96. The van der Waals surface area contributed by atoms with Crippen LogP contribution in [-0.2, 0) is 11.2 Å². The zero-order chi connectivity index (χ0) is 19.9. The van der Waals surface area contributed by atoms with Crippen molar-refractivity contribution in [2.75, 3.05) is 26.7 Å². The maximum absolute atomic E-state index is 12.9. The molecule has 2 heterocycles. The van der Waals surface area contributed by atoms with Crippen molar-refractivity contribution >= 4 is 23.6 Å². The molecule has 146 valence electrons. The Labute approximate surface area is 157 Å². The van der Waals surface area contributed by atoms with Gasteiger partial charge in [-0.2, -0.15) is 13.2 Å². The summed E-state index contributed by atoms with van der Waals surface area (Å²) in [5.74, 6) is -0.429. The van der Waals surface area contributed by atoms with Crippen LogP contribution in [0.4, 0.5) is 18.0 Å². The van der Waals surface area contributed by atoms with E-state index in [0.717, 1.165) is 9.80 Å². The van der Waals surface area contributed by atoms with E-state index in [1.165, 1.54) is 7.11 Å². The van der Waals surface area contributed by atoms with Crippen molar-refractivity contribution in [3.05, 3.63) is 39.9 Å². The van der Waals surface area contributed by atoms with Crippen LogP contribution >= 0.6 is 11.6 Å². The van der Waals surface area contributed by atoms with Crippen LogP contribution in [-0.4, -0.2) is 59.8 Å². The van der Waals surface area contributed by atoms with Gasteiger partial charge in [-0.25, -0.2) is 4.79 Å². The van der Waals surface area contributed by atoms with Gasteiger partial charge in [0.15, 0.2) is 0 Å². The minimum atomic E-state index is -4.61. The van der Waals surface area contributed by atoms with Gasteiger partial charge >= 0.3 is 12.3 Å². The molecule has 0 aromatic heterocycles. The van der Waals surface area contributed by atoms with E-state index in [4.69, 9.17) is 16.3 Å². The highest BCUT2D eigenvalue weighted by atomic mass is 35.5. The molecular formula is C17H16ClF3N2O4. The number of fused-ring (bicyclic) bond motifs is 1. The van der Waals surface area contributed by atoms with Crippen molar-refractivity contribution in [1.82, 2.24) is 9.80 Å². The van der Waals surface area contributed by atoms with Gasteiger partial charge < -0.3 is 14.7 Å². The van der Waals surface area contributed by atoms with E-state index in [2.05, 4.69) is 0 Å². The zero-order valence-electron chi connectivity index (χ0n) is 14.2. The molecule has 0 bridgehead atoms. The molecule has 3 rings (SSSR count). The molecule has 2 amide bonds. The maximum Gasteiger partial charge on any atom is 0.414 e. The number of alkyl halides is 3. The number of rotatable bonds is 3. The summed E-state index contributed by atoms with van der Waals surface area (Å²) in [4.78, 5) is 25.8. The molecule has 27 heavy (non-hydrogen) atoms. The molecule has 0 aliphatic carbocycles. The summed E-state index contributed by atoms with van der Waals surface area (Å²) in [6.45, 7) is -0.739. The SMILES string of the molecule is COc1ccc(Cl)c2c1[C@@H](CN1CC(C(F)(F)F)=CC1=O)N(C(=O)O)CC2. The van der Waals surface area contributed by atoms with E-state index in [1.54, 1.807) is 12.1 Å². The van der Waals surface area contributed by atoms with Crippen LogP contribution in [0.25, 0.3) is 0 Å². The molecule has 0 saturated carbocycles. The number of amides is 2. The number of carbonyl (C=O) groups excluding carboxylic acids is 1. The minimum absolute atomic E-state index is 0.113. The number of carboxylic acid groups (broad SMARTS) is 1. The minimum Gasteiger partial charge on any atom is -0.496 e. The standard InChI is InChI=1S/C17H16ClF3N2O4/c1-27-13-3-2-11(18)10-4-5-23(16(25)26)12(15(10)13)8-22-7-9(6-14(22)24)17(19,20)21/h2-3,6,12H,4-5,7-8H2,1H3,(H,25,26)/t12-/m1/s1. The van der Waals surface area contributed by atoms with Gasteiger partial charge in [0.25, 0.3) is 0 Å². The predicted molar refractivity (Wildman–Crippen MR) is 89.9 cm³/mol. The molecule has 6 nitrogen and oxygen atoms in total. The summed E-state index contributed by atoms with van der Waals surface area (Å²) < 4.78 is 44.1. The van der Waals surface area contributed by atoms with E-state index in [0.29, 0.717) is 34.4 Å². The third-order valence-corrected chi connectivity index (χ3v) is 5.12. The number of halogens is 4. The monoisotopic (exact) mass is 404 g/mol. The Bertz CT molecular complexity index is 825. The largest absolute Gasteiger partial charge is 0.496 e. The van der Waals surface area contributed by atoms with Crippen LogP contribution in [0.3, 0.4) is 0 Å². The number of hydrogen-bond acceptors (Lipinski definition) is 3. The smallest absolute Gasteiger partial charge is 0.414 e. The van der Waals surface area contributed by atoms with Crippen LogP contribution in [0, 0.1) is 0 Å². The first-order valence-electron chi connectivity index (χ1n) is 8.05. The Balaban J connectivity index is 1.97. The summed E-state index contributed by atoms with van der Waals surface area (Å²) in [6.07, 6.45) is -4.95. The fraction of sp³-hybridized carbons (Fsp3) is 0.412. The summed E-state index contributed by atoms with van der Waals surface area (Å²) in [5, 5.41) is 9.96. The molecule has 1 aromatic rings. The molecule has 0 spiro atoms. The van der Waals surface area contributed by atoms with E-state index < -0.39 is 36.3 Å². The van der Waals surface area contributed by atoms with Crippen molar-refractivity contribution in [1.29, 1.82) is 0 Å². The van der Waals surface area contributed by atoms with Crippen molar-refractivity contribution in [2.24, 2.45) is 0 Å². The molecule has 0 saturated heterocycles. The Morgan fingerprint density at radius 1 is 1.41 bits per heavy atom. The highest BCUT2D eigenvalue weighted by molar-refractivity contribution is 6.31. The van der Waals surface area contributed by atoms with Gasteiger partial charge in [0.1, 0.15) is 5.75 Å². The molecule has 0 unspecified atom stereocenters. The van der Waals surface area contributed by atoms with Gasteiger partial charge in [-0.1, -0.05) is 11.6 Å². The van der Waals surface area contributed by atoms with E-state index in [-0.39, 0.29) is 13.1 Å². The maximum atomic E-state index is 12.9. The second-order valence-corrected chi connectivity index (χ2v) is 6.68. The van der Waals surface area contributed by atoms with Crippen LogP contribution < -0.4 is 4.74 Å². The fourth-order valence-electron chi connectivity index (χ4n) is 3.48. The Hall–Kier alpha value is -2.42. The van der Waals surface area contributed by atoms with Gasteiger partial charge in [-0.15, -0.1) is 0 Å². The topological polar surface area (TPSA) is 70.1 Å².